The van der Waals surface area contributed by atoms with Crippen LogP contribution in [0.3, 0.4) is 0 Å². The molecule has 346 valence electrons. The summed E-state index contributed by atoms with van der Waals surface area (Å²) >= 11 is 0. The van der Waals surface area contributed by atoms with Gasteiger partial charge in [-0.2, -0.15) is 0 Å². The highest BCUT2D eigenvalue weighted by Gasteiger charge is 2.43. The van der Waals surface area contributed by atoms with E-state index in [0.29, 0.717) is 0 Å². The summed E-state index contributed by atoms with van der Waals surface area (Å²) in [6.07, 6.45) is 7.27. The van der Waals surface area contributed by atoms with E-state index >= 15 is 0 Å². The van der Waals surface area contributed by atoms with Gasteiger partial charge in [0.1, 0.15) is 0 Å². The van der Waals surface area contributed by atoms with Crippen LogP contribution in [0.2, 0.25) is 0 Å². The van der Waals surface area contributed by atoms with E-state index in [0.717, 1.165) is 94.9 Å². The highest BCUT2D eigenvalue weighted by molar-refractivity contribution is 6.22. The predicted molar refractivity (Wildman–Crippen MR) is 293 cm³/mol. The predicted octanol–water partition coefficient (Wildman–Crippen LogP) is 13.3. The molecule has 8 aromatic carbocycles. The lowest BCUT2D eigenvalue weighted by molar-refractivity contribution is 0.399. The summed E-state index contributed by atoms with van der Waals surface area (Å²) in [5.41, 5.74) is 27.4. The van der Waals surface area contributed by atoms with E-state index in [1.165, 1.54) is 66.8 Å². The Morgan fingerprint density at radius 1 is 0.243 bits per heavy atom. The van der Waals surface area contributed by atoms with Gasteiger partial charge in [-0.1, -0.05) is 97.1 Å². The third kappa shape index (κ3) is 5.56. The van der Waals surface area contributed by atoms with Crippen LogP contribution in [0.25, 0.3) is 87.7 Å². The molecule has 0 saturated heterocycles. The Morgan fingerprint density at radius 2 is 0.446 bits per heavy atom. The van der Waals surface area contributed by atoms with Gasteiger partial charge >= 0.3 is 0 Å². The summed E-state index contributed by atoms with van der Waals surface area (Å²) in [7, 11) is 1.00. The van der Waals surface area contributed by atoms with E-state index in [1.807, 2.05) is 49.1 Å². The van der Waals surface area contributed by atoms with Gasteiger partial charge in [0.05, 0.1) is 66.2 Å². The van der Waals surface area contributed by atoms with Crippen LogP contribution in [-0.2, 0) is 0 Å². The molecule has 9 heteroatoms. The number of aromatic nitrogens is 8. The molecule has 6 aliphatic carbocycles. The van der Waals surface area contributed by atoms with Crippen molar-refractivity contribution >= 4 is 87.7 Å². The molecule has 1 N–H and O–H groups in total. The zero-order chi connectivity index (χ0) is 48.8. The van der Waals surface area contributed by atoms with Crippen molar-refractivity contribution in [3.8, 4) is 0 Å². The number of rotatable bonds is 0. The maximum Gasteiger partial charge on any atom is 0.0996 e. The summed E-state index contributed by atoms with van der Waals surface area (Å²) in [4.78, 5) is 39.6. The number of nitrogens with zero attached hydrogens (tertiary/aromatic N) is 8. The molecule has 0 saturated carbocycles. The standard InChI is InChI=1S/2C32H18N4.CH4O/c2*1-2-8-18-17(7-1)27-19-9-3-4-10-20(19)28(18)24-16-26-25(15-23(24)27)35-31-21-11-5-13-33-29(21)30-22(32(31)36-26)12-6-14-34-30;1-2/h2*1-16,27-28H;2H,1H3. The number of pyridine rings is 4. The molecule has 0 spiro atoms. The van der Waals surface area contributed by atoms with Crippen LogP contribution >= 0.6 is 0 Å². The van der Waals surface area contributed by atoms with Crippen LogP contribution in [0.1, 0.15) is 90.4 Å². The van der Waals surface area contributed by atoms with Crippen LogP contribution in [0, 0.1) is 0 Å². The van der Waals surface area contributed by atoms with Gasteiger partial charge in [-0.25, -0.2) is 19.9 Å². The van der Waals surface area contributed by atoms with Crippen LogP contribution in [0.15, 0.2) is 195 Å². The molecule has 0 atom stereocenters. The molecule has 9 nitrogen and oxygen atoms in total. The van der Waals surface area contributed by atoms with Gasteiger partial charge < -0.3 is 5.11 Å². The van der Waals surface area contributed by atoms with Gasteiger partial charge in [-0.15, -0.1) is 0 Å². The molecule has 74 heavy (non-hydrogen) atoms. The molecule has 6 heterocycles. The second-order valence-corrected chi connectivity index (χ2v) is 19.6. The van der Waals surface area contributed by atoms with Crippen molar-refractivity contribution in [3.05, 3.63) is 261 Å². The highest BCUT2D eigenvalue weighted by Crippen LogP contribution is 2.58. The molecule has 0 unspecified atom stereocenters. The van der Waals surface area contributed by atoms with Gasteiger partial charge in [0, 0.05) is 77.1 Å². The van der Waals surface area contributed by atoms with E-state index in [2.05, 4.69) is 166 Å². The fraction of sp³-hybridized carbons (Fsp3) is 0.0769. The number of hydrogen-bond donors (Lipinski definition) is 1. The second kappa shape index (κ2) is 15.5. The van der Waals surface area contributed by atoms with Gasteiger partial charge in [0.25, 0.3) is 0 Å². The normalized spacial score (nSPS) is 17.1. The SMILES string of the molecule is CO.c1ccc2c(c1)C1c3ccccc3C2c2cc3nc4c5cccnc5c5ncccc5c4nc3cc21.c1ccc2c(c1)C1c3ccccc3C2c2cc3nc4c5cccnc5c5ncccc5c4nc3cc21. The maximum atomic E-state index is 7.00. The van der Waals surface area contributed by atoms with Gasteiger partial charge in [-0.05, 0) is 140 Å². The first kappa shape index (κ1) is 41.2. The average molecular weight is 949 g/mol. The minimum atomic E-state index is 0.221. The highest BCUT2D eigenvalue weighted by atomic mass is 16.2. The topological polar surface area (TPSA) is 123 Å². The van der Waals surface area contributed by atoms with Gasteiger partial charge in [0.15, 0.2) is 0 Å². The Hall–Kier alpha value is -9.44. The van der Waals surface area contributed by atoms with Crippen LogP contribution in [-0.4, -0.2) is 52.1 Å². The Kier molecular flexibility index (Phi) is 8.65. The molecule has 6 aromatic heterocycles. The van der Waals surface area contributed by atoms with Gasteiger partial charge in [-0.3, -0.25) is 19.9 Å². The Morgan fingerprint density at radius 3 is 0.649 bits per heavy atom. The quantitative estimate of drug-likeness (QED) is 0.117. The average Bonchev–Trinajstić information content (AvgIpc) is 3.48. The number of fused-ring (bicyclic) bond motifs is 14. The Balaban J connectivity index is 0.000000122. The smallest absolute Gasteiger partial charge is 0.0996 e. The maximum absolute atomic E-state index is 7.00. The Labute approximate surface area is 423 Å². The van der Waals surface area contributed by atoms with E-state index < -0.39 is 0 Å². The number of aliphatic hydroxyl groups excluding tert-OH is 1. The van der Waals surface area contributed by atoms with Crippen molar-refractivity contribution in [1.29, 1.82) is 0 Å². The van der Waals surface area contributed by atoms with Crippen LogP contribution < -0.4 is 0 Å². The first-order valence-electron chi connectivity index (χ1n) is 25.1. The first-order valence-corrected chi connectivity index (χ1v) is 25.1. The van der Waals surface area contributed by atoms with E-state index in [4.69, 9.17) is 25.0 Å². The largest absolute Gasteiger partial charge is 0.400 e. The fourth-order valence-corrected chi connectivity index (χ4v) is 13.3. The van der Waals surface area contributed by atoms with Gasteiger partial charge in [0.2, 0.25) is 0 Å². The minimum Gasteiger partial charge on any atom is -0.400 e. The van der Waals surface area contributed by atoms with Crippen LogP contribution in [0.5, 0.6) is 0 Å². The van der Waals surface area contributed by atoms with Crippen LogP contribution in [0.4, 0.5) is 0 Å². The first-order chi connectivity index (χ1) is 36.7. The molecule has 20 rings (SSSR count). The molecule has 0 radical (unpaired) electrons. The second-order valence-electron chi connectivity index (χ2n) is 19.6. The molecule has 0 fully saturated rings. The fourth-order valence-electron chi connectivity index (χ4n) is 13.3. The van der Waals surface area contributed by atoms with Crippen molar-refractivity contribution in [2.75, 3.05) is 7.11 Å². The zero-order valence-corrected chi connectivity index (χ0v) is 39.8. The summed E-state index contributed by atoms with van der Waals surface area (Å²) in [6, 6.07) is 60.9. The molecular weight excluding hydrogens is 909 g/mol. The third-order valence-corrected chi connectivity index (χ3v) is 16.2. The lowest BCUT2D eigenvalue weighted by Gasteiger charge is -2.42. The van der Waals surface area contributed by atoms with Crippen molar-refractivity contribution in [1.82, 2.24) is 39.9 Å². The molecule has 0 amide bonds. The van der Waals surface area contributed by atoms with E-state index in [9.17, 15) is 0 Å². The minimum absolute atomic E-state index is 0.221. The zero-order valence-electron chi connectivity index (χ0n) is 39.8. The number of aliphatic hydroxyl groups is 1. The van der Waals surface area contributed by atoms with Crippen molar-refractivity contribution in [3.63, 3.8) is 0 Å². The number of benzene rings is 8. The lowest BCUT2D eigenvalue weighted by Crippen LogP contribution is -2.27. The summed E-state index contributed by atoms with van der Waals surface area (Å²) in [5.74, 6) is 0.883. The molecule has 6 aliphatic rings. The van der Waals surface area contributed by atoms with Crippen molar-refractivity contribution in [2.24, 2.45) is 0 Å². The summed E-state index contributed by atoms with van der Waals surface area (Å²) < 4.78 is 0. The molecule has 4 bridgehead atoms. The third-order valence-electron chi connectivity index (χ3n) is 16.2. The summed E-state index contributed by atoms with van der Waals surface area (Å²) in [5, 5.41) is 11.0. The summed E-state index contributed by atoms with van der Waals surface area (Å²) in [6.45, 7) is 0. The molecular formula is C65H40N8O. The van der Waals surface area contributed by atoms with E-state index in [-0.39, 0.29) is 23.7 Å². The van der Waals surface area contributed by atoms with Crippen molar-refractivity contribution < 1.29 is 5.11 Å². The monoisotopic (exact) mass is 948 g/mol. The molecule has 0 aliphatic heterocycles. The number of hydrogen-bond acceptors (Lipinski definition) is 9. The van der Waals surface area contributed by atoms with E-state index in [1.54, 1.807) is 0 Å². The Bertz CT molecular complexity index is 4070. The molecule has 14 aromatic rings. The van der Waals surface area contributed by atoms with Crippen molar-refractivity contribution in [2.45, 2.75) is 23.7 Å². The lowest BCUT2D eigenvalue weighted by atomic mass is 9.61.